The lowest BCUT2D eigenvalue weighted by Crippen LogP contribution is -2.49. The van der Waals surface area contributed by atoms with Gasteiger partial charge in [-0.2, -0.15) is 0 Å². The van der Waals surface area contributed by atoms with Crippen molar-refractivity contribution < 1.29 is 18.7 Å². The summed E-state index contributed by atoms with van der Waals surface area (Å²) in [5, 5.41) is 2.05. The summed E-state index contributed by atoms with van der Waals surface area (Å²) < 4.78 is 19.6. The van der Waals surface area contributed by atoms with E-state index in [-0.39, 0.29) is 42.7 Å². The van der Waals surface area contributed by atoms with Crippen LogP contribution < -0.4 is 4.74 Å². The van der Waals surface area contributed by atoms with Crippen LogP contribution in [0.15, 0.2) is 35.7 Å². The second-order valence-corrected chi connectivity index (χ2v) is 10.6. The highest BCUT2D eigenvalue weighted by Crippen LogP contribution is 2.34. The van der Waals surface area contributed by atoms with Crippen LogP contribution in [0.4, 0.5) is 4.39 Å². The predicted octanol–water partition coefficient (Wildman–Crippen LogP) is 5.46. The van der Waals surface area contributed by atoms with E-state index in [0.717, 1.165) is 44.1 Å². The third kappa shape index (κ3) is 5.80. The number of halogens is 1. The maximum atomic E-state index is 13.6. The molecule has 1 aliphatic heterocycles. The number of amides is 2. The number of carbonyl (C=O) groups excluding carboxylic acids is 2. The molecule has 1 aromatic carbocycles. The van der Waals surface area contributed by atoms with Gasteiger partial charge in [-0.05, 0) is 54.3 Å². The van der Waals surface area contributed by atoms with Crippen molar-refractivity contribution in [3.05, 3.63) is 52.0 Å². The van der Waals surface area contributed by atoms with E-state index in [1.54, 1.807) is 28.4 Å². The summed E-state index contributed by atoms with van der Waals surface area (Å²) in [7, 11) is 0. The quantitative estimate of drug-likeness (QED) is 0.473. The maximum absolute atomic E-state index is 13.6. The molecule has 0 radical (unpaired) electrons. The molecule has 7 heteroatoms. The van der Waals surface area contributed by atoms with Gasteiger partial charge in [0.05, 0.1) is 12.6 Å². The summed E-state index contributed by atoms with van der Waals surface area (Å²) in [4.78, 5) is 31.8. The van der Waals surface area contributed by atoms with Crippen molar-refractivity contribution in [2.45, 2.75) is 58.4 Å². The molecule has 0 saturated heterocycles. The lowest BCUT2D eigenvalue weighted by Gasteiger charge is -2.37. The van der Waals surface area contributed by atoms with Crippen molar-refractivity contribution in [2.24, 2.45) is 11.8 Å². The Bertz CT molecular complexity index is 988. The number of fused-ring (bicyclic) bond motifs is 1. The zero-order valence-electron chi connectivity index (χ0n) is 20.2. The summed E-state index contributed by atoms with van der Waals surface area (Å²) in [5.74, 6) is 0.580. The molecule has 2 heterocycles. The molecule has 1 aliphatic carbocycles. The van der Waals surface area contributed by atoms with Gasteiger partial charge >= 0.3 is 0 Å². The van der Waals surface area contributed by atoms with Gasteiger partial charge in [-0.1, -0.05) is 39.2 Å². The van der Waals surface area contributed by atoms with Gasteiger partial charge in [-0.15, -0.1) is 11.3 Å². The molecule has 2 unspecified atom stereocenters. The molecule has 4 rings (SSSR count). The smallest absolute Gasteiger partial charge is 0.242 e. The van der Waals surface area contributed by atoms with E-state index < -0.39 is 0 Å². The Labute approximate surface area is 205 Å². The minimum Gasteiger partial charge on any atom is -0.491 e. The number of nitrogens with zero attached hydrogens (tertiary/aromatic N) is 2. The van der Waals surface area contributed by atoms with E-state index in [1.807, 2.05) is 10.3 Å². The van der Waals surface area contributed by atoms with Crippen LogP contribution in [0.2, 0.25) is 0 Å². The lowest BCUT2D eigenvalue weighted by molar-refractivity contribution is -0.145. The molecule has 184 valence electrons. The molecule has 2 atom stereocenters. The van der Waals surface area contributed by atoms with Crippen molar-refractivity contribution in [3.63, 3.8) is 0 Å². The fourth-order valence-corrected chi connectivity index (χ4v) is 5.96. The van der Waals surface area contributed by atoms with Crippen LogP contribution in [0.3, 0.4) is 0 Å². The molecule has 1 aromatic heterocycles. The van der Waals surface area contributed by atoms with Gasteiger partial charge in [0, 0.05) is 30.0 Å². The summed E-state index contributed by atoms with van der Waals surface area (Å²) in [6.07, 6.45) is 5.81. The van der Waals surface area contributed by atoms with Gasteiger partial charge in [-0.3, -0.25) is 9.59 Å². The van der Waals surface area contributed by atoms with Gasteiger partial charge < -0.3 is 14.5 Å². The average molecular weight is 487 g/mol. The number of rotatable bonds is 9. The molecule has 1 fully saturated rings. The Morgan fingerprint density at radius 1 is 1.26 bits per heavy atom. The minimum absolute atomic E-state index is 0.0423. The van der Waals surface area contributed by atoms with E-state index in [1.165, 1.54) is 17.0 Å². The Morgan fingerprint density at radius 3 is 2.79 bits per heavy atom. The van der Waals surface area contributed by atoms with Crippen molar-refractivity contribution in [1.29, 1.82) is 0 Å². The van der Waals surface area contributed by atoms with Crippen molar-refractivity contribution in [2.75, 3.05) is 26.2 Å². The number of carbonyl (C=O) groups is 2. The molecule has 2 aliphatic rings. The van der Waals surface area contributed by atoms with E-state index in [4.69, 9.17) is 4.74 Å². The molecular formula is C27H35FN2O3S. The van der Waals surface area contributed by atoms with Crippen LogP contribution in [0, 0.1) is 17.7 Å². The Balaban J connectivity index is 1.50. The standard InChI is InChI=1S/C27H35FN2O3S/c1-3-19(2)16-29(27(32)20-7-4-5-8-20)17-26(31)30-13-11-25-23(12-14-34-25)24(30)18-33-22-10-6-9-21(28)15-22/h6,9-10,12,14-15,19-20,24H,3-5,7-8,11,13,16-18H2,1-2H3. The lowest BCUT2D eigenvalue weighted by atomic mass is 10.00. The Kier molecular flexibility index (Phi) is 8.24. The van der Waals surface area contributed by atoms with E-state index in [9.17, 15) is 14.0 Å². The van der Waals surface area contributed by atoms with Crippen LogP contribution in [-0.2, 0) is 16.0 Å². The van der Waals surface area contributed by atoms with Crippen LogP contribution in [0.1, 0.15) is 62.4 Å². The SMILES string of the molecule is CCC(C)CN(CC(=O)N1CCc2sccc2C1COc1cccc(F)c1)C(=O)C1CCCC1. The van der Waals surface area contributed by atoms with Crippen LogP contribution >= 0.6 is 11.3 Å². The van der Waals surface area contributed by atoms with Gasteiger partial charge in [-0.25, -0.2) is 4.39 Å². The molecule has 1 saturated carbocycles. The molecule has 5 nitrogen and oxygen atoms in total. The van der Waals surface area contributed by atoms with E-state index in [2.05, 4.69) is 19.9 Å². The van der Waals surface area contributed by atoms with Gasteiger partial charge in [0.1, 0.15) is 18.2 Å². The summed E-state index contributed by atoms with van der Waals surface area (Å²) in [6, 6.07) is 7.88. The highest BCUT2D eigenvalue weighted by molar-refractivity contribution is 7.10. The van der Waals surface area contributed by atoms with Gasteiger partial charge in [0.15, 0.2) is 0 Å². The first-order chi connectivity index (χ1) is 16.5. The Hall–Kier alpha value is -2.41. The predicted molar refractivity (Wildman–Crippen MR) is 132 cm³/mol. The number of hydrogen-bond donors (Lipinski definition) is 0. The fraction of sp³-hybridized carbons (Fsp3) is 0.556. The average Bonchev–Trinajstić information content (AvgIpc) is 3.53. The zero-order valence-corrected chi connectivity index (χ0v) is 21.0. The molecule has 0 spiro atoms. The third-order valence-electron chi connectivity index (χ3n) is 7.19. The fourth-order valence-electron chi connectivity index (χ4n) is 5.03. The molecule has 34 heavy (non-hydrogen) atoms. The topological polar surface area (TPSA) is 49.9 Å². The highest BCUT2D eigenvalue weighted by atomic mass is 32.1. The molecule has 2 amide bonds. The summed E-state index contributed by atoms with van der Waals surface area (Å²) >= 11 is 1.70. The highest BCUT2D eigenvalue weighted by Gasteiger charge is 2.35. The van der Waals surface area contributed by atoms with Crippen LogP contribution in [0.5, 0.6) is 5.75 Å². The summed E-state index contributed by atoms with van der Waals surface area (Å²) in [5.41, 5.74) is 1.09. The maximum Gasteiger partial charge on any atom is 0.242 e. The Morgan fingerprint density at radius 2 is 2.06 bits per heavy atom. The van der Waals surface area contributed by atoms with Crippen molar-refractivity contribution in [3.8, 4) is 5.75 Å². The molecule has 2 aromatic rings. The summed E-state index contributed by atoms with van der Waals surface area (Å²) in [6.45, 7) is 5.81. The molecular weight excluding hydrogens is 451 g/mol. The van der Waals surface area contributed by atoms with Gasteiger partial charge in [0.2, 0.25) is 11.8 Å². The first-order valence-corrected chi connectivity index (χ1v) is 13.4. The first kappa shape index (κ1) is 24.7. The number of hydrogen-bond acceptors (Lipinski definition) is 4. The minimum atomic E-state index is -0.351. The van der Waals surface area contributed by atoms with Gasteiger partial charge in [0.25, 0.3) is 0 Å². The van der Waals surface area contributed by atoms with Crippen LogP contribution in [-0.4, -0.2) is 47.9 Å². The van der Waals surface area contributed by atoms with Crippen molar-refractivity contribution in [1.82, 2.24) is 9.80 Å². The molecule has 0 N–H and O–H groups in total. The second kappa shape index (κ2) is 11.3. The monoisotopic (exact) mass is 486 g/mol. The van der Waals surface area contributed by atoms with E-state index in [0.29, 0.717) is 24.8 Å². The third-order valence-corrected chi connectivity index (χ3v) is 8.19. The zero-order chi connectivity index (χ0) is 24.1. The molecule has 0 bridgehead atoms. The second-order valence-electron chi connectivity index (χ2n) is 9.63. The number of benzene rings is 1. The number of ether oxygens (including phenoxy) is 1. The van der Waals surface area contributed by atoms with Crippen molar-refractivity contribution >= 4 is 23.2 Å². The normalized spacial score (nSPS) is 19.0. The van der Waals surface area contributed by atoms with Crippen LogP contribution in [0.25, 0.3) is 0 Å². The largest absolute Gasteiger partial charge is 0.491 e. The first-order valence-electron chi connectivity index (χ1n) is 12.5. The van der Waals surface area contributed by atoms with E-state index >= 15 is 0 Å². The number of thiophene rings is 1.